The van der Waals surface area contributed by atoms with Gasteiger partial charge in [-0.3, -0.25) is 24.0 Å². The molecule has 2 aromatic rings. The highest BCUT2D eigenvalue weighted by atomic mass is 16.6. The van der Waals surface area contributed by atoms with Crippen LogP contribution in [-0.2, 0) is 24.0 Å². The maximum Gasteiger partial charge on any atom is 0.308 e. The highest BCUT2D eigenvalue weighted by molar-refractivity contribution is 6.03. The van der Waals surface area contributed by atoms with Crippen LogP contribution < -0.4 is 23.7 Å². The van der Waals surface area contributed by atoms with Crippen LogP contribution in [0.15, 0.2) is 30.3 Å². The van der Waals surface area contributed by atoms with Gasteiger partial charge in [0.2, 0.25) is 0 Å². The molecule has 1 aliphatic heterocycles. The number of ether oxygens (including phenoxy) is 5. The van der Waals surface area contributed by atoms with Crippen LogP contribution in [0.4, 0.5) is 0 Å². The summed E-state index contributed by atoms with van der Waals surface area (Å²) in [5, 5.41) is 0. The van der Waals surface area contributed by atoms with Crippen molar-refractivity contribution in [3.8, 4) is 28.7 Å². The average molecular weight is 539 g/mol. The second-order valence-electron chi connectivity index (χ2n) is 8.69. The summed E-state index contributed by atoms with van der Waals surface area (Å²) in [6.45, 7) is 6.32. The van der Waals surface area contributed by atoms with E-state index in [1.807, 2.05) is 0 Å². The molecular weight excluding hydrogens is 512 g/mol. The van der Waals surface area contributed by atoms with E-state index in [1.165, 1.54) is 38.1 Å². The van der Waals surface area contributed by atoms with Gasteiger partial charge in [-0.05, 0) is 17.7 Å². The van der Waals surface area contributed by atoms with Crippen LogP contribution in [0.25, 0.3) is 6.08 Å². The van der Waals surface area contributed by atoms with Gasteiger partial charge in [0.25, 0.3) is 0 Å². The average Bonchev–Trinajstić information content (AvgIpc) is 2.81. The van der Waals surface area contributed by atoms with E-state index in [9.17, 15) is 28.8 Å². The number of ketones is 1. The maximum atomic E-state index is 13.2. The fourth-order valence-corrected chi connectivity index (χ4v) is 3.79. The first-order chi connectivity index (χ1) is 18.4. The standard InChI is InChI=1S/C28H26O11/c1-14(13-29)6-7-19-8-20(9-26(37-17(4)32)28(19)38-18(5)33)23-12-22(34)27-24(36-16(3)31)10-21(35-15(2)30)11-25(27)39-23/h6-11,13-14,23H,12H2,1-5H3. The molecule has 3 rings (SSSR count). The first kappa shape index (κ1) is 28.8. The second kappa shape index (κ2) is 12.2. The number of allylic oxidation sites excluding steroid dienone is 1. The third-order valence-electron chi connectivity index (χ3n) is 5.24. The van der Waals surface area contributed by atoms with Crippen LogP contribution >= 0.6 is 0 Å². The molecule has 0 amide bonds. The van der Waals surface area contributed by atoms with E-state index in [0.717, 1.165) is 13.8 Å². The molecule has 1 aliphatic rings. The molecule has 0 saturated carbocycles. The Morgan fingerprint density at radius 1 is 0.872 bits per heavy atom. The number of aldehydes is 1. The van der Waals surface area contributed by atoms with Gasteiger partial charge in [-0.25, -0.2) is 0 Å². The van der Waals surface area contributed by atoms with Gasteiger partial charge in [0.15, 0.2) is 17.3 Å². The van der Waals surface area contributed by atoms with E-state index in [-0.39, 0.29) is 46.3 Å². The number of carbonyl (C=O) groups is 6. The molecule has 2 unspecified atom stereocenters. The zero-order valence-corrected chi connectivity index (χ0v) is 21.9. The minimum absolute atomic E-state index is 0.00369. The molecule has 0 bridgehead atoms. The molecule has 39 heavy (non-hydrogen) atoms. The highest BCUT2D eigenvalue weighted by Gasteiger charge is 2.33. The number of benzene rings is 2. The number of carbonyl (C=O) groups excluding carboxylic acids is 6. The van der Waals surface area contributed by atoms with Crippen LogP contribution in [0, 0.1) is 5.92 Å². The van der Waals surface area contributed by atoms with Crippen molar-refractivity contribution in [1.82, 2.24) is 0 Å². The molecular formula is C28H26O11. The Balaban J connectivity index is 2.16. The minimum atomic E-state index is -0.931. The molecule has 0 saturated heterocycles. The van der Waals surface area contributed by atoms with E-state index in [4.69, 9.17) is 23.7 Å². The first-order valence-corrected chi connectivity index (χ1v) is 11.8. The number of hydrogen-bond acceptors (Lipinski definition) is 11. The summed E-state index contributed by atoms with van der Waals surface area (Å²) in [5.41, 5.74) is 0.643. The summed E-state index contributed by atoms with van der Waals surface area (Å²) >= 11 is 0. The van der Waals surface area contributed by atoms with E-state index in [0.29, 0.717) is 11.8 Å². The quantitative estimate of drug-likeness (QED) is 0.273. The number of hydrogen-bond donors (Lipinski definition) is 0. The summed E-state index contributed by atoms with van der Waals surface area (Å²) < 4.78 is 27.0. The summed E-state index contributed by atoms with van der Waals surface area (Å²) in [5.74, 6) is -3.93. The third-order valence-corrected chi connectivity index (χ3v) is 5.24. The lowest BCUT2D eigenvalue weighted by Gasteiger charge is -2.28. The third kappa shape index (κ3) is 7.37. The smallest absolute Gasteiger partial charge is 0.308 e. The Morgan fingerprint density at radius 2 is 1.49 bits per heavy atom. The van der Waals surface area contributed by atoms with E-state index in [2.05, 4.69) is 0 Å². The summed E-state index contributed by atoms with van der Waals surface area (Å²) in [6, 6.07) is 5.52. The lowest BCUT2D eigenvalue weighted by molar-refractivity contribution is -0.134. The van der Waals surface area contributed by atoms with Crippen molar-refractivity contribution < 1.29 is 52.5 Å². The molecule has 0 aromatic heterocycles. The van der Waals surface area contributed by atoms with Crippen molar-refractivity contribution in [2.45, 2.75) is 47.1 Å². The Labute approximate surface area is 223 Å². The Morgan fingerprint density at radius 3 is 2.08 bits per heavy atom. The second-order valence-corrected chi connectivity index (χ2v) is 8.69. The molecule has 0 radical (unpaired) electrons. The summed E-state index contributed by atoms with van der Waals surface area (Å²) in [7, 11) is 0. The Bertz CT molecular complexity index is 1390. The van der Waals surface area contributed by atoms with Crippen LogP contribution in [0.3, 0.4) is 0 Å². The van der Waals surface area contributed by atoms with Gasteiger partial charge in [-0.1, -0.05) is 19.1 Å². The summed E-state index contributed by atoms with van der Waals surface area (Å²) in [6.07, 6.45) is 2.65. The van der Waals surface area contributed by atoms with Gasteiger partial charge in [0.05, 0.1) is 6.42 Å². The fourth-order valence-electron chi connectivity index (χ4n) is 3.79. The van der Waals surface area contributed by atoms with Crippen molar-refractivity contribution >= 4 is 42.0 Å². The maximum absolute atomic E-state index is 13.2. The largest absolute Gasteiger partial charge is 0.484 e. The van der Waals surface area contributed by atoms with Crippen LogP contribution in [0.5, 0.6) is 28.7 Å². The first-order valence-electron chi connectivity index (χ1n) is 11.8. The van der Waals surface area contributed by atoms with Gasteiger partial charge in [0.1, 0.15) is 35.2 Å². The molecule has 0 spiro atoms. The topological polar surface area (TPSA) is 149 Å². The molecule has 204 valence electrons. The molecule has 1 heterocycles. The lowest BCUT2D eigenvalue weighted by atomic mass is 9.93. The Hall–Kier alpha value is -4.80. The minimum Gasteiger partial charge on any atom is -0.484 e. The van der Waals surface area contributed by atoms with Crippen LogP contribution in [-0.4, -0.2) is 35.9 Å². The predicted molar refractivity (Wildman–Crippen MR) is 135 cm³/mol. The molecule has 2 atom stereocenters. The Kier molecular flexibility index (Phi) is 8.97. The van der Waals surface area contributed by atoms with E-state index < -0.39 is 41.7 Å². The molecule has 0 fully saturated rings. The van der Waals surface area contributed by atoms with Crippen molar-refractivity contribution in [2.24, 2.45) is 5.92 Å². The van der Waals surface area contributed by atoms with Gasteiger partial charge >= 0.3 is 23.9 Å². The van der Waals surface area contributed by atoms with Crippen molar-refractivity contribution in [2.75, 3.05) is 0 Å². The number of rotatable bonds is 8. The molecule has 11 nitrogen and oxygen atoms in total. The predicted octanol–water partition coefficient (Wildman–Crippen LogP) is 3.94. The normalized spacial score (nSPS) is 15.0. The summed E-state index contributed by atoms with van der Waals surface area (Å²) in [4.78, 5) is 71.2. The lowest BCUT2D eigenvalue weighted by Crippen LogP contribution is -2.22. The van der Waals surface area contributed by atoms with Crippen molar-refractivity contribution in [3.05, 3.63) is 47.0 Å². The highest BCUT2D eigenvalue weighted by Crippen LogP contribution is 2.45. The number of fused-ring (bicyclic) bond motifs is 1. The molecule has 0 aliphatic carbocycles. The van der Waals surface area contributed by atoms with Gasteiger partial charge in [-0.2, -0.15) is 0 Å². The number of esters is 4. The fraction of sp³-hybridized carbons (Fsp3) is 0.286. The van der Waals surface area contributed by atoms with E-state index in [1.54, 1.807) is 19.1 Å². The monoisotopic (exact) mass is 538 g/mol. The molecule has 2 aromatic carbocycles. The van der Waals surface area contributed by atoms with E-state index >= 15 is 0 Å². The van der Waals surface area contributed by atoms with Crippen LogP contribution in [0.2, 0.25) is 0 Å². The van der Waals surface area contributed by atoms with Crippen molar-refractivity contribution in [3.63, 3.8) is 0 Å². The van der Waals surface area contributed by atoms with Crippen molar-refractivity contribution in [1.29, 1.82) is 0 Å². The van der Waals surface area contributed by atoms with Gasteiger partial charge in [-0.15, -0.1) is 0 Å². The SMILES string of the molecule is CC(=O)Oc1cc(OC(C)=O)c2c(c1)OC(c1cc(C=CC(C)C=O)c(OC(C)=O)c(OC(C)=O)c1)CC2=O. The van der Waals surface area contributed by atoms with Crippen LogP contribution in [0.1, 0.15) is 68.6 Å². The molecule has 11 heteroatoms. The number of Topliss-reactive ketones (excluding diaryl/α,β-unsaturated/α-hetero) is 1. The zero-order valence-electron chi connectivity index (χ0n) is 21.9. The zero-order chi connectivity index (χ0) is 28.9. The van der Waals surface area contributed by atoms with Gasteiger partial charge < -0.3 is 28.5 Å². The van der Waals surface area contributed by atoms with Gasteiger partial charge in [0, 0.05) is 51.3 Å². The molecule has 0 N–H and O–H groups in total.